The predicted octanol–water partition coefficient (Wildman–Crippen LogP) is 1.72. The Labute approximate surface area is 126 Å². The van der Waals surface area contributed by atoms with Gasteiger partial charge in [0, 0.05) is 25.0 Å². The average molecular weight is 294 g/mol. The van der Waals surface area contributed by atoms with Crippen LogP contribution in [0.1, 0.15) is 51.4 Å². The fourth-order valence-corrected chi connectivity index (χ4v) is 4.42. The summed E-state index contributed by atoms with van der Waals surface area (Å²) in [7, 11) is 0. The van der Waals surface area contributed by atoms with E-state index in [0.717, 1.165) is 32.5 Å². The van der Waals surface area contributed by atoms with Gasteiger partial charge in [-0.3, -0.25) is 14.5 Å². The molecule has 5 nitrogen and oxygen atoms in total. The Balaban J connectivity index is 1.70. The highest BCUT2D eigenvalue weighted by molar-refractivity contribution is 5.86. The van der Waals surface area contributed by atoms with E-state index in [-0.39, 0.29) is 17.9 Å². The van der Waals surface area contributed by atoms with Crippen LogP contribution in [0.3, 0.4) is 0 Å². The number of hydrogen-bond donors (Lipinski definition) is 1. The molecule has 21 heavy (non-hydrogen) atoms. The van der Waals surface area contributed by atoms with Crippen LogP contribution in [-0.2, 0) is 9.59 Å². The summed E-state index contributed by atoms with van der Waals surface area (Å²) in [5.41, 5.74) is 0.128. The highest BCUT2D eigenvalue weighted by atomic mass is 16.4. The van der Waals surface area contributed by atoms with Gasteiger partial charge in [0.1, 0.15) is 0 Å². The molecule has 0 aromatic heterocycles. The lowest BCUT2D eigenvalue weighted by Crippen LogP contribution is -2.56. The quantitative estimate of drug-likeness (QED) is 0.857. The van der Waals surface area contributed by atoms with E-state index in [0.29, 0.717) is 6.54 Å². The Hall–Kier alpha value is -1.10. The van der Waals surface area contributed by atoms with Crippen molar-refractivity contribution in [2.45, 2.75) is 56.9 Å². The Morgan fingerprint density at radius 1 is 1.14 bits per heavy atom. The maximum absolute atomic E-state index is 12.1. The Bertz CT molecular complexity index is 412. The van der Waals surface area contributed by atoms with E-state index in [1.807, 2.05) is 4.90 Å². The minimum Gasteiger partial charge on any atom is -0.481 e. The molecule has 3 rings (SSSR count). The van der Waals surface area contributed by atoms with E-state index in [9.17, 15) is 9.59 Å². The van der Waals surface area contributed by atoms with Crippen molar-refractivity contribution >= 4 is 11.9 Å². The van der Waals surface area contributed by atoms with E-state index >= 15 is 0 Å². The first-order valence-electron chi connectivity index (χ1n) is 8.36. The van der Waals surface area contributed by atoms with Crippen LogP contribution in [0.4, 0.5) is 0 Å². The number of hydrogen-bond acceptors (Lipinski definition) is 3. The molecule has 3 fully saturated rings. The number of aliphatic carboxylic acids is 1. The van der Waals surface area contributed by atoms with Crippen LogP contribution in [0.15, 0.2) is 0 Å². The van der Waals surface area contributed by atoms with Gasteiger partial charge in [-0.2, -0.15) is 0 Å². The number of carboxylic acid groups (broad SMARTS) is 1. The van der Waals surface area contributed by atoms with Crippen molar-refractivity contribution in [1.29, 1.82) is 0 Å². The van der Waals surface area contributed by atoms with Crippen molar-refractivity contribution in [2.24, 2.45) is 5.92 Å². The fraction of sp³-hybridized carbons (Fsp3) is 0.875. The molecule has 0 unspecified atom stereocenters. The molecule has 1 saturated carbocycles. The number of nitrogens with zero attached hydrogens (tertiary/aromatic N) is 2. The van der Waals surface area contributed by atoms with E-state index in [1.54, 1.807) is 0 Å². The van der Waals surface area contributed by atoms with Gasteiger partial charge in [0.15, 0.2) is 0 Å². The standard InChI is InChI=1S/C16H26N2O3/c19-14-10-13(15(20)21)11-17(14)12-16(6-2-3-7-16)18-8-4-1-5-9-18/h13H,1-12H2,(H,20,21)/t13-/m1/s1. The molecule has 2 aliphatic heterocycles. The number of rotatable bonds is 4. The number of carboxylic acids is 1. The summed E-state index contributed by atoms with van der Waals surface area (Å²) < 4.78 is 0. The van der Waals surface area contributed by atoms with E-state index < -0.39 is 11.9 Å². The third-order valence-corrected chi connectivity index (χ3v) is 5.61. The second-order valence-electron chi connectivity index (χ2n) is 6.99. The van der Waals surface area contributed by atoms with Gasteiger partial charge in [-0.15, -0.1) is 0 Å². The normalized spacial score (nSPS) is 30.0. The van der Waals surface area contributed by atoms with Gasteiger partial charge in [-0.05, 0) is 38.8 Å². The summed E-state index contributed by atoms with van der Waals surface area (Å²) in [6.45, 7) is 3.44. The lowest BCUT2D eigenvalue weighted by atomic mass is 9.91. The van der Waals surface area contributed by atoms with Gasteiger partial charge in [-0.25, -0.2) is 0 Å². The minimum atomic E-state index is -0.829. The lowest BCUT2D eigenvalue weighted by Gasteiger charge is -2.45. The zero-order valence-electron chi connectivity index (χ0n) is 12.7. The van der Waals surface area contributed by atoms with Gasteiger partial charge < -0.3 is 10.0 Å². The second-order valence-corrected chi connectivity index (χ2v) is 6.99. The van der Waals surface area contributed by atoms with Crippen molar-refractivity contribution in [1.82, 2.24) is 9.80 Å². The highest BCUT2D eigenvalue weighted by Crippen LogP contribution is 2.38. The Morgan fingerprint density at radius 3 is 2.38 bits per heavy atom. The van der Waals surface area contributed by atoms with Crippen LogP contribution in [0.2, 0.25) is 0 Å². The first-order valence-corrected chi connectivity index (χ1v) is 8.36. The molecule has 5 heteroatoms. The smallest absolute Gasteiger partial charge is 0.308 e. The molecule has 0 spiro atoms. The van der Waals surface area contributed by atoms with Crippen molar-refractivity contribution in [2.75, 3.05) is 26.2 Å². The summed E-state index contributed by atoms with van der Waals surface area (Å²) >= 11 is 0. The molecule has 3 aliphatic rings. The molecule has 1 atom stereocenters. The molecule has 2 saturated heterocycles. The van der Waals surface area contributed by atoms with Gasteiger partial charge >= 0.3 is 5.97 Å². The van der Waals surface area contributed by atoms with Crippen LogP contribution in [0, 0.1) is 5.92 Å². The summed E-state index contributed by atoms with van der Waals surface area (Å²) in [4.78, 5) is 27.7. The van der Waals surface area contributed by atoms with Crippen LogP contribution >= 0.6 is 0 Å². The monoisotopic (exact) mass is 294 g/mol. The zero-order valence-corrected chi connectivity index (χ0v) is 12.7. The van der Waals surface area contributed by atoms with Gasteiger partial charge in [0.05, 0.1) is 5.92 Å². The Kier molecular flexibility index (Phi) is 4.20. The fourth-order valence-electron chi connectivity index (χ4n) is 4.42. The van der Waals surface area contributed by atoms with Crippen LogP contribution in [0.25, 0.3) is 0 Å². The average Bonchev–Trinajstić information content (AvgIpc) is 3.09. The number of likely N-dealkylation sites (tertiary alicyclic amines) is 2. The summed E-state index contributed by atoms with van der Waals surface area (Å²) in [5, 5.41) is 9.13. The molecule has 0 bridgehead atoms. The molecular weight excluding hydrogens is 268 g/mol. The number of carbonyl (C=O) groups is 2. The van der Waals surface area contributed by atoms with Crippen molar-refractivity contribution < 1.29 is 14.7 Å². The van der Waals surface area contributed by atoms with Gasteiger partial charge in [-0.1, -0.05) is 19.3 Å². The second kappa shape index (κ2) is 5.95. The number of amides is 1. The summed E-state index contributed by atoms with van der Waals surface area (Å²) in [6.07, 6.45) is 8.81. The summed E-state index contributed by atoms with van der Waals surface area (Å²) in [5.74, 6) is -1.30. The van der Waals surface area contributed by atoms with E-state index in [2.05, 4.69) is 4.90 Å². The number of piperidine rings is 1. The van der Waals surface area contributed by atoms with Gasteiger partial charge in [0.25, 0.3) is 0 Å². The minimum absolute atomic E-state index is 0.0330. The molecule has 0 radical (unpaired) electrons. The maximum atomic E-state index is 12.1. The first-order chi connectivity index (χ1) is 10.1. The molecule has 0 aromatic carbocycles. The molecular formula is C16H26N2O3. The SMILES string of the molecule is O=C(O)[C@@H]1CC(=O)N(CC2(N3CCCCC3)CCCC2)C1. The first kappa shape index (κ1) is 14.8. The van der Waals surface area contributed by atoms with Crippen molar-refractivity contribution in [3.8, 4) is 0 Å². The molecule has 1 aliphatic carbocycles. The van der Waals surface area contributed by atoms with E-state index in [1.165, 1.54) is 32.1 Å². The highest BCUT2D eigenvalue weighted by Gasteiger charge is 2.44. The third-order valence-electron chi connectivity index (χ3n) is 5.61. The maximum Gasteiger partial charge on any atom is 0.308 e. The van der Waals surface area contributed by atoms with Crippen molar-refractivity contribution in [3.05, 3.63) is 0 Å². The molecule has 0 aromatic rings. The molecule has 1 N–H and O–H groups in total. The third kappa shape index (κ3) is 2.93. The Morgan fingerprint density at radius 2 is 1.81 bits per heavy atom. The molecule has 1 amide bonds. The summed E-state index contributed by atoms with van der Waals surface area (Å²) in [6, 6.07) is 0. The number of carbonyl (C=O) groups excluding carboxylic acids is 1. The van der Waals surface area contributed by atoms with Crippen LogP contribution < -0.4 is 0 Å². The largest absolute Gasteiger partial charge is 0.481 e. The predicted molar refractivity (Wildman–Crippen MR) is 78.9 cm³/mol. The molecule has 118 valence electrons. The van der Waals surface area contributed by atoms with Crippen molar-refractivity contribution in [3.63, 3.8) is 0 Å². The van der Waals surface area contributed by atoms with E-state index in [4.69, 9.17) is 5.11 Å². The molecule has 2 heterocycles. The van der Waals surface area contributed by atoms with Crippen LogP contribution in [-0.4, -0.2) is 58.5 Å². The zero-order chi connectivity index (χ0) is 14.9. The van der Waals surface area contributed by atoms with Gasteiger partial charge in [0.2, 0.25) is 5.91 Å². The van der Waals surface area contributed by atoms with Crippen LogP contribution in [0.5, 0.6) is 0 Å². The lowest BCUT2D eigenvalue weighted by molar-refractivity contribution is -0.141. The topological polar surface area (TPSA) is 60.9 Å².